The zero-order valence-corrected chi connectivity index (χ0v) is 8.91. The Labute approximate surface area is 86.3 Å². The standard InChI is InChI=1S/C11H23NO2/c12-11(14,7-4-8-13)9-10-5-2-1-3-6-10/h10,13-14H,1-9,12H2. The van der Waals surface area contributed by atoms with Crippen LogP contribution in [0.4, 0.5) is 0 Å². The van der Waals surface area contributed by atoms with Gasteiger partial charge in [-0.1, -0.05) is 32.1 Å². The largest absolute Gasteiger partial charge is 0.396 e. The summed E-state index contributed by atoms with van der Waals surface area (Å²) in [7, 11) is 0. The van der Waals surface area contributed by atoms with Gasteiger partial charge < -0.3 is 15.9 Å². The summed E-state index contributed by atoms with van der Waals surface area (Å²) in [4.78, 5) is 0. The quantitative estimate of drug-likeness (QED) is 0.589. The smallest absolute Gasteiger partial charge is 0.113 e. The predicted octanol–water partition coefficient (Wildman–Crippen LogP) is 1.38. The zero-order chi connectivity index (χ0) is 10.4. The Balaban J connectivity index is 2.25. The molecule has 3 heteroatoms. The Kier molecular flexibility index (Phi) is 4.85. The Morgan fingerprint density at radius 3 is 2.43 bits per heavy atom. The van der Waals surface area contributed by atoms with E-state index < -0.39 is 5.72 Å². The molecule has 14 heavy (non-hydrogen) atoms. The van der Waals surface area contributed by atoms with Crippen LogP contribution in [0.2, 0.25) is 0 Å². The number of aliphatic hydroxyl groups excluding tert-OH is 1. The van der Waals surface area contributed by atoms with Gasteiger partial charge in [0.1, 0.15) is 5.72 Å². The van der Waals surface area contributed by atoms with Crippen LogP contribution in [0.3, 0.4) is 0 Å². The molecule has 1 atom stereocenters. The van der Waals surface area contributed by atoms with Gasteiger partial charge in [0.05, 0.1) is 0 Å². The molecule has 0 amide bonds. The highest BCUT2D eigenvalue weighted by molar-refractivity contribution is 4.77. The normalized spacial score (nSPS) is 23.4. The highest BCUT2D eigenvalue weighted by Crippen LogP contribution is 2.30. The third-order valence-electron chi connectivity index (χ3n) is 3.13. The minimum absolute atomic E-state index is 0.115. The minimum atomic E-state index is -1.05. The molecular weight excluding hydrogens is 178 g/mol. The highest BCUT2D eigenvalue weighted by atomic mass is 16.3. The van der Waals surface area contributed by atoms with Crippen molar-refractivity contribution in [3.05, 3.63) is 0 Å². The summed E-state index contributed by atoms with van der Waals surface area (Å²) < 4.78 is 0. The first kappa shape index (κ1) is 12.0. The van der Waals surface area contributed by atoms with E-state index in [9.17, 15) is 5.11 Å². The predicted molar refractivity (Wildman–Crippen MR) is 56.6 cm³/mol. The molecule has 4 N–H and O–H groups in total. The first-order valence-electron chi connectivity index (χ1n) is 5.76. The summed E-state index contributed by atoms with van der Waals surface area (Å²) >= 11 is 0. The summed E-state index contributed by atoms with van der Waals surface area (Å²) in [5.41, 5.74) is 4.73. The van der Waals surface area contributed by atoms with Crippen LogP contribution in [-0.4, -0.2) is 22.5 Å². The SMILES string of the molecule is NC(O)(CCCO)CC1CCCCC1. The van der Waals surface area contributed by atoms with E-state index in [0.717, 1.165) is 0 Å². The van der Waals surface area contributed by atoms with E-state index >= 15 is 0 Å². The molecule has 1 aliphatic rings. The second kappa shape index (κ2) is 5.69. The maximum atomic E-state index is 9.86. The molecule has 1 fully saturated rings. The molecule has 0 aliphatic heterocycles. The van der Waals surface area contributed by atoms with Gasteiger partial charge in [-0.05, 0) is 25.2 Å². The molecular formula is C11H23NO2. The Morgan fingerprint density at radius 1 is 1.21 bits per heavy atom. The van der Waals surface area contributed by atoms with Gasteiger partial charge in [0.25, 0.3) is 0 Å². The topological polar surface area (TPSA) is 66.5 Å². The molecule has 1 saturated carbocycles. The summed E-state index contributed by atoms with van der Waals surface area (Å²) in [6.45, 7) is 0.115. The second-order valence-corrected chi connectivity index (χ2v) is 4.64. The van der Waals surface area contributed by atoms with Crippen LogP contribution >= 0.6 is 0 Å². The first-order chi connectivity index (χ1) is 6.64. The monoisotopic (exact) mass is 201 g/mol. The van der Waals surface area contributed by atoms with E-state index in [1.54, 1.807) is 0 Å². The van der Waals surface area contributed by atoms with E-state index in [-0.39, 0.29) is 6.61 Å². The average Bonchev–Trinajstić information content (AvgIpc) is 2.16. The molecule has 0 radical (unpaired) electrons. The maximum absolute atomic E-state index is 9.86. The van der Waals surface area contributed by atoms with E-state index in [0.29, 0.717) is 25.2 Å². The van der Waals surface area contributed by atoms with Gasteiger partial charge in [-0.25, -0.2) is 0 Å². The molecule has 0 aromatic carbocycles. The maximum Gasteiger partial charge on any atom is 0.113 e. The molecule has 0 saturated heterocycles. The zero-order valence-electron chi connectivity index (χ0n) is 8.91. The molecule has 1 unspecified atom stereocenters. The van der Waals surface area contributed by atoms with Crippen LogP contribution in [0.25, 0.3) is 0 Å². The van der Waals surface area contributed by atoms with Gasteiger partial charge in [0, 0.05) is 6.61 Å². The van der Waals surface area contributed by atoms with Crippen molar-refractivity contribution in [1.29, 1.82) is 0 Å². The van der Waals surface area contributed by atoms with Crippen molar-refractivity contribution in [2.75, 3.05) is 6.61 Å². The number of hydrogen-bond acceptors (Lipinski definition) is 3. The lowest BCUT2D eigenvalue weighted by atomic mass is 9.83. The van der Waals surface area contributed by atoms with Gasteiger partial charge in [-0.2, -0.15) is 0 Å². The van der Waals surface area contributed by atoms with Crippen molar-refractivity contribution in [2.45, 2.75) is 57.1 Å². The van der Waals surface area contributed by atoms with Gasteiger partial charge in [-0.3, -0.25) is 0 Å². The molecule has 0 heterocycles. The first-order valence-corrected chi connectivity index (χ1v) is 5.76. The van der Waals surface area contributed by atoms with Crippen molar-refractivity contribution in [3.63, 3.8) is 0 Å². The van der Waals surface area contributed by atoms with Crippen molar-refractivity contribution < 1.29 is 10.2 Å². The van der Waals surface area contributed by atoms with E-state index in [1.165, 1.54) is 32.1 Å². The number of rotatable bonds is 5. The van der Waals surface area contributed by atoms with E-state index in [4.69, 9.17) is 10.8 Å². The summed E-state index contributed by atoms with van der Waals surface area (Å²) in [6, 6.07) is 0. The van der Waals surface area contributed by atoms with E-state index in [2.05, 4.69) is 0 Å². The van der Waals surface area contributed by atoms with Crippen molar-refractivity contribution in [1.82, 2.24) is 0 Å². The molecule has 3 nitrogen and oxygen atoms in total. The Hall–Kier alpha value is -0.120. The van der Waals surface area contributed by atoms with Gasteiger partial charge in [0.2, 0.25) is 0 Å². The fourth-order valence-electron chi connectivity index (χ4n) is 2.38. The minimum Gasteiger partial charge on any atom is -0.396 e. The average molecular weight is 201 g/mol. The molecule has 0 aromatic heterocycles. The van der Waals surface area contributed by atoms with Crippen LogP contribution < -0.4 is 5.73 Å². The second-order valence-electron chi connectivity index (χ2n) is 4.64. The van der Waals surface area contributed by atoms with E-state index in [1.807, 2.05) is 0 Å². The Bertz CT molecular complexity index is 153. The summed E-state index contributed by atoms with van der Waals surface area (Å²) in [6.07, 6.45) is 8.11. The van der Waals surface area contributed by atoms with Crippen molar-refractivity contribution in [3.8, 4) is 0 Å². The number of aliphatic hydroxyl groups is 2. The van der Waals surface area contributed by atoms with Gasteiger partial charge in [0.15, 0.2) is 0 Å². The molecule has 1 rings (SSSR count). The lowest BCUT2D eigenvalue weighted by molar-refractivity contribution is 0.00263. The van der Waals surface area contributed by atoms with Gasteiger partial charge >= 0.3 is 0 Å². The fraction of sp³-hybridized carbons (Fsp3) is 1.00. The van der Waals surface area contributed by atoms with Crippen LogP contribution in [0, 0.1) is 5.92 Å². The molecule has 0 aromatic rings. The third-order valence-corrected chi connectivity index (χ3v) is 3.13. The van der Waals surface area contributed by atoms with Crippen molar-refractivity contribution >= 4 is 0 Å². The Morgan fingerprint density at radius 2 is 1.86 bits per heavy atom. The number of nitrogens with two attached hydrogens (primary N) is 1. The van der Waals surface area contributed by atoms with Crippen LogP contribution in [-0.2, 0) is 0 Å². The molecule has 1 aliphatic carbocycles. The van der Waals surface area contributed by atoms with Gasteiger partial charge in [-0.15, -0.1) is 0 Å². The fourth-order valence-corrected chi connectivity index (χ4v) is 2.38. The highest BCUT2D eigenvalue weighted by Gasteiger charge is 2.26. The number of hydrogen-bond donors (Lipinski definition) is 3. The summed E-state index contributed by atoms with van der Waals surface area (Å²) in [5.74, 6) is 0.595. The van der Waals surface area contributed by atoms with Crippen LogP contribution in [0.5, 0.6) is 0 Å². The third kappa shape index (κ3) is 4.40. The lowest BCUT2D eigenvalue weighted by Gasteiger charge is -2.30. The van der Waals surface area contributed by atoms with Crippen molar-refractivity contribution in [2.24, 2.45) is 11.7 Å². The van der Waals surface area contributed by atoms with Crippen LogP contribution in [0.15, 0.2) is 0 Å². The van der Waals surface area contributed by atoms with Crippen LogP contribution in [0.1, 0.15) is 51.4 Å². The molecule has 0 bridgehead atoms. The summed E-state index contributed by atoms with van der Waals surface area (Å²) in [5, 5.41) is 18.5. The molecule has 0 spiro atoms. The molecule has 84 valence electrons. The lowest BCUT2D eigenvalue weighted by Crippen LogP contribution is -2.41.